The van der Waals surface area contributed by atoms with E-state index >= 15 is 0 Å². The van der Waals surface area contributed by atoms with E-state index in [9.17, 15) is 4.79 Å². The summed E-state index contributed by atoms with van der Waals surface area (Å²) in [4.78, 5) is 25.3. The standard InChI is InChI=1S/C18H29N5O/c1-14-4-3-5-16(15(14)2)21-18(24)13-22-8-10-23(11-9-22)17-12-19-6-7-20-17/h6-7,12,14-16H,3-5,8-11,13H2,1-2H3,(H,21,24). The number of rotatable bonds is 4. The van der Waals surface area contributed by atoms with Gasteiger partial charge >= 0.3 is 0 Å². The monoisotopic (exact) mass is 331 g/mol. The minimum atomic E-state index is 0.175. The van der Waals surface area contributed by atoms with Gasteiger partial charge in [0.2, 0.25) is 5.91 Å². The number of carbonyl (C=O) groups excluding carboxylic acids is 1. The molecular weight excluding hydrogens is 302 g/mol. The van der Waals surface area contributed by atoms with Crippen LogP contribution in [-0.2, 0) is 4.79 Å². The first kappa shape index (κ1) is 17.1. The summed E-state index contributed by atoms with van der Waals surface area (Å²) in [5, 5.41) is 3.27. The number of nitrogens with one attached hydrogen (secondary N) is 1. The second-order valence-electron chi connectivity index (χ2n) is 7.27. The molecule has 1 saturated carbocycles. The summed E-state index contributed by atoms with van der Waals surface area (Å²) in [5.41, 5.74) is 0. The predicted molar refractivity (Wildman–Crippen MR) is 94.8 cm³/mol. The van der Waals surface area contributed by atoms with Crippen molar-refractivity contribution in [3.8, 4) is 0 Å². The zero-order valence-electron chi connectivity index (χ0n) is 14.8. The van der Waals surface area contributed by atoms with Crippen LogP contribution in [-0.4, -0.2) is 59.5 Å². The third-order valence-corrected chi connectivity index (χ3v) is 5.67. The first-order valence-corrected chi connectivity index (χ1v) is 9.16. The van der Waals surface area contributed by atoms with Crippen LogP contribution < -0.4 is 10.2 Å². The molecule has 2 heterocycles. The van der Waals surface area contributed by atoms with Crippen molar-refractivity contribution in [2.24, 2.45) is 11.8 Å². The lowest BCUT2D eigenvalue weighted by Crippen LogP contribution is -2.52. The summed E-state index contributed by atoms with van der Waals surface area (Å²) >= 11 is 0. The van der Waals surface area contributed by atoms with Gasteiger partial charge in [-0.15, -0.1) is 0 Å². The Labute approximate surface area is 144 Å². The van der Waals surface area contributed by atoms with Crippen LogP contribution in [0.4, 0.5) is 5.82 Å². The maximum absolute atomic E-state index is 12.4. The number of piperazine rings is 1. The summed E-state index contributed by atoms with van der Waals surface area (Å²) in [5.74, 6) is 2.39. The maximum Gasteiger partial charge on any atom is 0.234 e. The lowest BCUT2D eigenvalue weighted by Gasteiger charge is -2.37. The molecule has 3 atom stereocenters. The summed E-state index contributed by atoms with van der Waals surface area (Å²) in [6.07, 6.45) is 8.86. The first-order valence-electron chi connectivity index (χ1n) is 9.16. The van der Waals surface area contributed by atoms with Crippen molar-refractivity contribution >= 4 is 11.7 Å². The largest absolute Gasteiger partial charge is 0.353 e. The molecule has 1 saturated heterocycles. The average Bonchev–Trinajstić information content (AvgIpc) is 2.60. The normalized spacial score (nSPS) is 28.6. The topological polar surface area (TPSA) is 61.4 Å². The average molecular weight is 331 g/mol. The van der Waals surface area contributed by atoms with E-state index < -0.39 is 0 Å². The molecule has 0 spiro atoms. The van der Waals surface area contributed by atoms with Crippen molar-refractivity contribution in [1.82, 2.24) is 20.2 Å². The SMILES string of the molecule is CC1CCCC(NC(=O)CN2CCN(c3cnccn3)CC2)C1C. The molecule has 6 heteroatoms. The van der Waals surface area contributed by atoms with Crippen LogP contribution in [0.1, 0.15) is 33.1 Å². The van der Waals surface area contributed by atoms with Crippen LogP contribution in [0.2, 0.25) is 0 Å². The van der Waals surface area contributed by atoms with Gasteiger partial charge in [0.15, 0.2) is 0 Å². The van der Waals surface area contributed by atoms with Crippen LogP contribution in [0.3, 0.4) is 0 Å². The van der Waals surface area contributed by atoms with Crippen molar-refractivity contribution in [2.45, 2.75) is 39.2 Å². The number of hydrogen-bond acceptors (Lipinski definition) is 5. The molecule has 2 aliphatic rings. The zero-order chi connectivity index (χ0) is 16.9. The molecule has 1 N–H and O–H groups in total. The summed E-state index contributed by atoms with van der Waals surface area (Å²) < 4.78 is 0. The van der Waals surface area contributed by atoms with Crippen LogP contribution >= 0.6 is 0 Å². The van der Waals surface area contributed by atoms with Gasteiger partial charge in [-0.05, 0) is 18.3 Å². The van der Waals surface area contributed by atoms with E-state index in [4.69, 9.17) is 0 Å². The van der Waals surface area contributed by atoms with E-state index in [1.807, 2.05) is 0 Å². The van der Waals surface area contributed by atoms with Gasteiger partial charge < -0.3 is 10.2 Å². The van der Waals surface area contributed by atoms with Crippen LogP contribution in [0.25, 0.3) is 0 Å². The first-order chi connectivity index (χ1) is 11.6. The van der Waals surface area contributed by atoms with Gasteiger partial charge in [0.1, 0.15) is 5.82 Å². The van der Waals surface area contributed by atoms with Gasteiger partial charge in [-0.25, -0.2) is 4.98 Å². The third-order valence-electron chi connectivity index (χ3n) is 5.67. The molecule has 2 fully saturated rings. The Morgan fingerprint density at radius 1 is 1.21 bits per heavy atom. The lowest BCUT2D eigenvalue weighted by molar-refractivity contribution is -0.123. The Hall–Kier alpha value is -1.69. The molecule has 0 aromatic carbocycles. The molecule has 3 unspecified atom stereocenters. The number of amides is 1. The summed E-state index contributed by atoms with van der Waals surface area (Å²) in [6, 6.07) is 0.349. The van der Waals surface area contributed by atoms with Crippen molar-refractivity contribution < 1.29 is 4.79 Å². The number of carbonyl (C=O) groups is 1. The molecule has 1 amide bonds. The minimum Gasteiger partial charge on any atom is -0.353 e. The molecule has 1 aromatic rings. The lowest BCUT2D eigenvalue weighted by atomic mass is 9.78. The smallest absolute Gasteiger partial charge is 0.234 e. The Bertz CT molecular complexity index is 529. The highest BCUT2D eigenvalue weighted by molar-refractivity contribution is 5.78. The van der Waals surface area contributed by atoms with Crippen molar-refractivity contribution in [3.63, 3.8) is 0 Å². The van der Waals surface area contributed by atoms with E-state index in [0.29, 0.717) is 24.4 Å². The number of aromatic nitrogens is 2. The third kappa shape index (κ3) is 4.23. The molecule has 0 bridgehead atoms. The quantitative estimate of drug-likeness (QED) is 0.907. The molecule has 1 aliphatic heterocycles. The summed E-state index contributed by atoms with van der Waals surface area (Å²) in [6.45, 7) is 8.64. The van der Waals surface area contributed by atoms with Crippen LogP contribution in [0, 0.1) is 11.8 Å². The van der Waals surface area contributed by atoms with Gasteiger partial charge in [-0.2, -0.15) is 0 Å². The highest BCUT2D eigenvalue weighted by Crippen LogP contribution is 2.29. The second-order valence-corrected chi connectivity index (χ2v) is 7.27. The van der Waals surface area contributed by atoms with Crippen LogP contribution in [0.5, 0.6) is 0 Å². The molecule has 24 heavy (non-hydrogen) atoms. The highest BCUT2D eigenvalue weighted by Gasteiger charge is 2.28. The highest BCUT2D eigenvalue weighted by atomic mass is 16.2. The fourth-order valence-corrected chi connectivity index (χ4v) is 3.83. The van der Waals surface area contributed by atoms with Crippen molar-refractivity contribution in [1.29, 1.82) is 0 Å². The molecule has 1 aromatic heterocycles. The van der Waals surface area contributed by atoms with E-state index in [1.165, 1.54) is 12.8 Å². The van der Waals surface area contributed by atoms with Gasteiger partial charge in [0.25, 0.3) is 0 Å². The molecule has 3 rings (SSSR count). The molecule has 1 aliphatic carbocycles. The van der Waals surface area contributed by atoms with E-state index in [-0.39, 0.29) is 5.91 Å². The molecular formula is C18H29N5O. The van der Waals surface area contributed by atoms with E-state index in [1.54, 1.807) is 18.6 Å². The van der Waals surface area contributed by atoms with E-state index in [2.05, 4.69) is 38.9 Å². The fourth-order valence-electron chi connectivity index (χ4n) is 3.83. The predicted octanol–water partition coefficient (Wildman–Crippen LogP) is 1.54. The van der Waals surface area contributed by atoms with Crippen LogP contribution in [0.15, 0.2) is 18.6 Å². The minimum absolute atomic E-state index is 0.175. The maximum atomic E-state index is 12.4. The van der Waals surface area contributed by atoms with Gasteiger partial charge in [0, 0.05) is 44.6 Å². The Morgan fingerprint density at radius 2 is 2.00 bits per heavy atom. The Kier molecular flexibility index (Phi) is 5.66. The van der Waals surface area contributed by atoms with Crippen molar-refractivity contribution in [3.05, 3.63) is 18.6 Å². The molecule has 6 nitrogen and oxygen atoms in total. The molecule has 0 radical (unpaired) electrons. The second kappa shape index (κ2) is 7.92. The number of hydrogen-bond donors (Lipinski definition) is 1. The van der Waals surface area contributed by atoms with Crippen molar-refractivity contribution in [2.75, 3.05) is 37.6 Å². The number of nitrogens with zero attached hydrogens (tertiary/aromatic N) is 4. The zero-order valence-corrected chi connectivity index (χ0v) is 14.8. The van der Waals surface area contributed by atoms with Gasteiger partial charge in [-0.3, -0.25) is 14.7 Å². The molecule has 132 valence electrons. The fraction of sp³-hybridized carbons (Fsp3) is 0.722. The van der Waals surface area contributed by atoms with E-state index in [0.717, 1.165) is 38.4 Å². The Morgan fingerprint density at radius 3 is 2.71 bits per heavy atom. The number of anilines is 1. The Balaban J connectivity index is 1.43. The van der Waals surface area contributed by atoms with Gasteiger partial charge in [-0.1, -0.05) is 26.7 Å². The summed E-state index contributed by atoms with van der Waals surface area (Å²) in [7, 11) is 0. The van der Waals surface area contributed by atoms with Gasteiger partial charge in [0.05, 0.1) is 12.7 Å².